The van der Waals surface area contributed by atoms with Crippen LogP contribution in [0, 0.1) is 5.92 Å². The Balaban J connectivity index is 1.77. The molecular weight excluding hydrogens is 258 g/mol. The first-order valence-electron chi connectivity index (χ1n) is 7.77. The Bertz CT molecular complexity index is 592. The third-order valence-electron chi connectivity index (χ3n) is 4.13. The number of rotatable bonds is 4. The van der Waals surface area contributed by atoms with Gasteiger partial charge in [-0.05, 0) is 47.7 Å². The molecule has 1 N–H and O–H groups in total. The van der Waals surface area contributed by atoms with Gasteiger partial charge in [0.15, 0.2) is 0 Å². The minimum absolute atomic E-state index is 0.439. The van der Waals surface area contributed by atoms with Crippen LogP contribution in [0.4, 0.5) is 0 Å². The van der Waals surface area contributed by atoms with Crippen molar-refractivity contribution >= 4 is 0 Å². The van der Waals surface area contributed by atoms with E-state index in [4.69, 9.17) is 4.74 Å². The molecule has 0 saturated carbocycles. The normalized spacial score (nSPS) is 17.6. The van der Waals surface area contributed by atoms with Crippen LogP contribution in [0.5, 0.6) is 5.75 Å². The quantitative estimate of drug-likeness (QED) is 0.910. The molecule has 0 bridgehead atoms. The van der Waals surface area contributed by atoms with Crippen LogP contribution in [0.15, 0.2) is 48.5 Å². The second kappa shape index (κ2) is 6.31. The first-order valence-corrected chi connectivity index (χ1v) is 7.77. The van der Waals surface area contributed by atoms with Crippen molar-refractivity contribution < 1.29 is 4.74 Å². The summed E-state index contributed by atoms with van der Waals surface area (Å²) >= 11 is 0. The average Bonchev–Trinajstić information content (AvgIpc) is 2.53. The van der Waals surface area contributed by atoms with Crippen LogP contribution in [0.25, 0.3) is 0 Å². The molecule has 2 nitrogen and oxygen atoms in total. The Labute approximate surface area is 127 Å². The molecule has 110 valence electrons. The number of fused-ring (bicyclic) bond motifs is 1. The summed E-state index contributed by atoms with van der Waals surface area (Å²) in [6.07, 6.45) is 1.11. The molecule has 0 saturated heterocycles. The van der Waals surface area contributed by atoms with Crippen molar-refractivity contribution in [2.45, 2.75) is 32.9 Å². The van der Waals surface area contributed by atoms with Gasteiger partial charge in [-0.2, -0.15) is 0 Å². The maximum atomic E-state index is 5.96. The summed E-state index contributed by atoms with van der Waals surface area (Å²) in [5, 5.41) is 3.62. The molecule has 0 aromatic heterocycles. The molecular formula is C19H23NO. The van der Waals surface area contributed by atoms with E-state index >= 15 is 0 Å². The van der Waals surface area contributed by atoms with Gasteiger partial charge >= 0.3 is 0 Å². The minimum atomic E-state index is 0.439. The second-order valence-corrected chi connectivity index (χ2v) is 6.06. The van der Waals surface area contributed by atoms with Gasteiger partial charge in [0.2, 0.25) is 0 Å². The topological polar surface area (TPSA) is 21.3 Å². The van der Waals surface area contributed by atoms with Crippen molar-refractivity contribution in [2.24, 2.45) is 5.92 Å². The highest BCUT2D eigenvalue weighted by molar-refractivity contribution is 5.39. The fourth-order valence-corrected chi connectivity index (χ4v) is 2.99. The average molecular weight is 281 g/mol. The summed E-state index contributed by atoms with van der Waals surface area (Å²) in [6.45, 7) is 6.23. The van der Waals surface area contributed by atoms with Gasteiger partial charge in [-0.15, -0.1) is 0 Å². The van der Waals surface area contributed by atoms with Gasteiger partial charge in [-0.25, -0.2) is 0 Å². The van der Waals surface area contributed by atoms with E-state index in [2.05, 4.69) is 49.5 Å². The summed E-state index contributed by atoms with van der Waals surface area (Å²) in [5.41, 5.74) is 4.06. The molecule has 0 aliphatic carbocycles. The zero-order valence-corrected chi connectivity index (χ0v) is 12.8. The molecule has 0 amide bonds. The van der Waals surface area contributed by atoms with Gasteiger partial charge < -0.3 is 10.1 Å². The van der Waals surface area contributed by atoms with E-state index in [1.807, 2.05) is 18.2 Å². The van der Waals surface area contributed by atoms with Crippen LogP contribution in [-0.4, -0.2) is 6.54 Å². The maximum absolute atomic E-state index is 5.96. The highest BCUT2D eigenvalue weighted by Crippen LogP contribution is 2.31. The zero-order chi connectivity index (χ0) is 14.7. The van der Waals surface area contributed by atoms with Gasteiger partial charge in [0.25, 0.3) is 0 Å². The first kappa shape index (κ1) is 14.2. The van der Waals surface area contributed by atoms with Crippen LogP contribution >= 0.6 is 0 Å². The van der Waals surface area contributed by atoms with E-state index < -0.39 is 0 Å². The van der Waals surface area contributed by atoms with Crippen LogP contribution in [0.3, 0.4) is 0 Å². The predicted octanol–water partition coefficient (Wildman–Crippen LogP) is 4.11. The molecule has 1 heterocycles. The Kier molecular flexibility index (Phi) is 4.26. The Morgan fingerprint density at radius 3 is 2.71 bits per heavy atom. The molecule has 1 aliphatic heterocycles. The smallest absolute Gasteiger partial charge is 0.120 e. The molecule has 21 heavy (non-hydrogen) atoms. The molecule has 1 atom stereocenters. The van der Waals surface area contributed by atoms with Crippen molar-refractivity contribution in [2.75, 3.05) is 6.54 Å². The third kappa shape index (κ3) is 3.27. The van der Waals surface area contributed by atoms with E-state index in [9.17, 15) is 0 Å². The maximum Gasteiger partial charge on any atom is 0.120 e. The summed E-state index contributed by atoms with van der Waals surface area (Å²) in [4.78, 5) is 0. The number of nitrogens with one attached hydrogen (secondary N) is 1. The van der Waals surface area contributed by atoms with Crippen molar-refractivity contribution in [1.29, 1.82) is 0 Å². The van der Waals surface area contributed by atoms with E-state index in [-0.39, 0.29) is 0 Å². The third-order valence-corrected chi connectivity index (χ3v) is 4.13. The van der Waals surface area contributed by atoms with Crippen LogP contribution < -0.4 is 10.1 Å². The lowest BCUT2D eigenvalue weighted by Gasteiger charge is -2.30. The Morgan fingerprint density at radius 2 is 1.95 bits per heavy atom. The van der Waals surface area contributed by atoms with Crippen molar-refractivity contribution in [3.8, 4) is 5.75 Å². The summed E-state index contributed by atoms with van der Waals surface area (Å²) < 4.78 is 5.96. The van der Waals surface area contributed by atoms with Gasteiger partial charge in [0, 0.05) is 6.04 Å². The molecule has 1 aliphatic rings. The molecule has 3 rings (SSSR count). The molecule has 0 fully saturated rings. The van der Waals surface area contributed by atoms with Crippen LogP contribution in [0.2, 0.25) is 0 Å². The van der Waals surface area contributed by atoms with Crippen molar-refractivity contribution in [1.82, 2.24) is 5.32 Å². The monoisotopic (exact) mass is 281 g/mol. The Morgan fingerprint density at radius 1 is 1.14 bits per heavy atom. The molecule has 0 spiro atoms. The summed E-state index contributed by atoms with van der Waals surface area (Å²) in [5.74, 6) is 1.56. The minimum Gasteiger partial charge on any atom is -0.489 e. The summed E-state index contributed by atoms with van der Waals surface area (Å²) in [6, 6.07) is 17.3. The molecule has 0 radical (unpaired) electrons. The first-order chi connectivity index (χ1) is 10.2. The molecule has 1 unspecified atom stereocenters. The van der Waals surface area contributed by atoms with Gasteiger partial charge in [-0.1, -0.05) is 50.2 Å². The molecule has 2 heteroatoms. The standard InChI is InChI=1S/C19H23NO/c1-14(2)19-18-12-17(9-8-16(18)10-11-20-19)21-13-15-6-4-3-5-7-15/h3-9,12,14,19-20H,10-11,13H2,1-2H3. The van der Waals surface area contributed by atoms with Crippen molar-refractivity contribution in [3.05, 3.63) is 65.2 Å². The highest BCUT2D eigenvalue weighted by Gasteiger charge is 2.22. The number of hydrogen-bond donors (Lipinski definition) is 1. The highest BCUT2D eigenvalue weighted by atomic mass is 16.5. The zero-order valence-electron chi connectivity index (χ0n) is 12.8. The van der Waals surface area contributed by atoms with E-state index in [1.54, 1.807) is 0 Å². The van der Waals surface area contributed by atoms with Crippen LogP contribution in [0.1, 0.15) is 36.6 Å². The van der Waals surface area contributed by atoms with Gasteiger partial charge in [0.05, 0.1) is 0 Å². The SMILES string of the molecule is CC(C)C1NCCc2ccc(OCc3ccccc3)cc21. The largest absolute Gasteiger partial charge is 0.489 e. The number of benzene rings is 2. The lowest BCUT2D eigenvalue weighted by Crippen LogP contribution is -2.32. The van der Waals surface area contributed by atoms with E-state index in [0.717, 1.165) is 18.7 Å². The lowest BCUT2D eigenvalue weighted by atomic mass is 9.88. The van der Waals surface area contributed by atoms with Gasteiger partial charge in [-0.3, -0.25) is 0 Å². The van der Waals surface area contributed by atoms with Crippen LogP contribution in [-0.2, 0) is 13.0 Å². The number of ether oxygens (including phenoxy) is 1. The molecule has 2 aromatic rings. The van der Waals surface area contributed by atoms with Crippen molar-refractivity contribution in [3.63, 3.8) is 0 Å². The molecule has 2 aromatic carbocycles. The fourth-order valence-electron chi connectivity index (χ4n) is 2.99. The fraction of sp³-hybridized carbons (Fsp3) is 0.368. The number of hydrogen-bond acceptors (Lipinski definition) is 2. The second-order valence-electron chi connectivity index (χ2n) is 6.06. The lowest BCUT2D eigenvalue weighted by molar-refractivity contribution is 0.304. The Hall–Kier alpha value is -1.80. The predicted molar refractivity (Wildman–Crippen MR) is 86.5 cm³/mol. The summed E-state index contributed by atoms with van der Waals surface area (Å²) in [7, 11) is 0. The van der Waals surface area contributed by atoms with E-state index in [0.29, 0.717) is 18.6 Å². The van der Waals surface area contributed by atoms with E-state index in [1.165, 1.54) is 16.7 Å². The van der Waals surface area contributed by atoms with Gasteiger partial charge in [0.1, 0.15) is 12.4 Å².